The first-order valence-corrected chi connectivity index (χ1v) is 12.5. The van der Waals surface area contributed by atoms with Gasteiger partial charge in [0.2, 0.25) is 0 Å². The van der Waals surface area contributed by atoms with Crippen LogP contribution in [-0.4, -0.2) is 57.3 Å². The Morgan fingerprint density at radius 2 is 1.58 bits per heavy atom. The van der Waals surface area contributed by atoms with E-state index in [0.29, 0.717) is 35.0 Å². The standard InChI is InChI=1S/C30H21N5O3/c31-15-24-22-8-4-5-9-23(22)26(16-32-24)35-29(37)27-25-14-21(34(27)30(35)38)17-33(25)28(36)20-12-10-19(11-13-20)18-6-2-1-3-7-18/h1-13,16,21,25,27H,14,17H2/t21?,25?,27-/m1/s1. The molecule has 184 valence electrons. The smallest absolute Gasteiger partial charge is 0.331 e. The van der Waals surface area contributed by atoms with Crippen molar-refractivity contribution in [3.63, 3.8) is 0 Å². The molecule has 3 aliphatic heterocycles. The highest BCUT2D eigenvalue weighted by Gasteiger charge is 2.63. The Labute approximate surface area is 218 Å². The average molecular weight is 500 g/mol. The van der Waals surface area contributed by atoms with Crippen molar-refractivity contribution in [1.29, 1.82) is 5.26 Å². The van der Waals surface area contributed by atoms with E-state index in [2.05, 4.69) is 11.1 Å². The lowest BCUT2D eigenvalue weighted by Crippen LogP contribution is -2.54. The fourth-order valence-corrected chi connectivity index (χ4v) is 6.16. The number of hydrogen-bond donors (Lipinski definition) is 0. The number of benzene rings is 3. The molecule has 8 heteroatoms. The van der Waals surface area contributed by atoms with E-state index in [1.165, 1.54) is 11.1 Å². The number of hydrogen-bond acceptors (Lipinski definition) is 5. The van der Waals surface area contributed by atoms with Gasteiger partial charge in [-0.2, -0.15) is 5.26 Å². The molecule has 4 aromatic rings. The van der Waals surface area contributed by atoms with E-state index in [1.807, 2.05) is 54.6 Å². The lowest BCUT2D eigenvalue weighted by molar-refractivity contribution is -0.121. The molecule has 3 saturated heterocycles. The lowest BCUT2D eigenvalue weighted by atomic mass is 10.0. The molecule has 0 spiro atoms. The minimum Gasteiger partial charge on any atom is -0.331 e. The Morgan fingerprint density at radius 3 is 2.32 bits per heavy atom. The normalized spacial score (nSPS) is 21.8. The Hall–Kier alpha value is -5.03. The summed E-state index contributed by atoms with van der Waals surface area (Å²) in [5, 5.41) is 10.6. The summed E-state index contributed by atoms with van der Waals surface area (Å²) in [5.41, 5.74) is 3.24. The van der Waals surface area contributed by atoms with Crippen molar-refractivity contribution >= 4 is 34.3 Å². The quantitative estimate of drug-likeness (QED) is 0.394. The summed E-state index contributed by atoms with van der Waals surface area (Å²) in [4.78, 5) is 49.5. The number of piperazine rings is 1. The molecule has 3 aromatic carbocycles. The summed E-state index contributed by atoms with van der Waals surface area (Å²) in [6.45, 7) is 0.389. The highest BCUT2D eigenvalue weighted by Crippen LogP contribution is 2.44. The maximum atomic E-state index is 13.7. The van der Waals surface area contributed by atoms with Crippen LogP contribution >= 0.6 is 0 Å². The van der Waals surface area contributed by atoms with Gasteiger partial charge in [0.05, 0.1) is 24.0 Å². The number of amides is 4. The fraction of sp³-hybridized carbons (Fsp3) is 0.167. The highest BCUT2D eigenvalue weighted by atomic mass is 16.2. The molecular formula is C30H21N5O3. The monoisotopic (exact) mass is 499 g/mol. The van der Waals surface area contributed by atoms with Crippen LogP contribution in [0.4, 0.5) is 10.5 Å². The zero-order valence-electron chi connectivity index (χ0n) is 20.2. The second kappa shape index (κ2) is 8.25. The number of imide groups is 1. The van der Waals surface area contributed by atoms with Gasteiger partial charge in [-0.1, -0.05) is 66.7 Å². The number of carbonyl (C=O) groups excluding carboxylic acids is 3. The Balaban J connectivity index is 1.18. The number of fused-ring (bicyclic) bond motifs is 6. The molecule has 2 unspecified atom stereocenters. The van der Waals surface area contributed by atoms with Crippen LogP contribution in [0.5, 0.6) is 0 Å². The molecular weight excluding hydrogens is 478 g/mol. The van der Waals surface area contributed by atoms with E-state index >= 15 is 0 Å². The van der Waals surface area contributed by atoms with Crippen LogP contribution in [0.1, 0.15) is 22.5 Å². The van der Waals surface area contributed by atoms with E-state index in [0.717, 1.165) is 11.1 Å². The maximum absolute atomic E-state index is 13.7. The van der Waals surface area contributed by atoms with E-state index in [-0.39, 0.29) is 29.6 Å². The first-order chi connectivity index (χ1) is 18.6. The van der Waals surface area contributed by atoms with Crippen LogP contribution in [0.3, 0.4) is 0 Å². The van der Waals surface area contributed by atoms with Crippen molar-refractivity contribution in [3.05, 3.63) is 96.3 Å². The van der Waals surface area contributed by atoms with E-state index in [9.17, 15) is 19.6 Å². The zero-order valence-corrected chi connectivity index (χ0v) is 20.2. The largest absolute Gasteiger partial charge is 0.332 e. The maximum Gasteiger partial charge on any atom is 0.332 e. The second-order valence-corrected chi connectivity index (χ2v) is 9.82. The van der Waals surface area contributed by atoms with Gasteiger partial charge in [0, 0.05) is 22.9 Å². The number of nitriles is 1. The minimum absolute atomic E-state index is 0.138. The van der Waals surface area contributed by atoms with E-state index in [1.54, 1.807) is 34.1 Å². The third-order valence-corrected chi connectivity index (χ3v) is 7.89. The number of pyridine rings is 1. The number of rotatable bonds is 3. The second-order valence-electron chi connectivity index (χ2n) is 9.82. The summed E-state index contributed by atoms with van der Waals surface area (Å²) >= 11 is 0. The molecule has 3 aliphatic rings. The van der Waals surface area contributed by atoms with Crippen molar-refractivity contribution in [2.75, 3.05) is 11.4 Å². The van der Waals surface area contributed by atoms with Crippen molar-refractivity contribution in [2.45, 2.75) is 24.5 Å². The number of urea groups is 1. The molecule has 0 aliphatic carbocycles. The van der Waals surface area contributed by atoms with Gasteiger partial charge in [0.1, 0.15) is 17.8 Å². The van der Waals surface area contributed by atoms with Gasteiger partial charge in [-0.05, 0) is 29.7 Å². The molecule has 8 nitrogen and oxygen atoms in total. The number of aromatic nitrogens is 1. The van der Waals surface area contributed by atoms with Gasteiger partial charge in [-0.3, -0.25) is 9.59 Å². The first kappa shape index (κ1) is 22.2. The summed E-state index contributed by atoms with van der Waals surface area (Å²) in [6.07, 6.45) is 1.99. The predicted molar refractivity (Wildman–Crippen MR) is 140 cm³/mol. The summed E-state index contributed by atoms with van der Waals surface area (Å²) < 4.78 is 0. The predicted octanol–water partition coefficient (Wildman–Crippen LogP) is 4.21. The minimum atomic E-state index is -0.733. The summed E-state index contributed by atoms with van der Waals surface area (Å²) in [7, 11) is 0. The molecule has 1 aromatic heterocycles. The molecule has 0 N–H and O–H groups in total. The summed E-state index contributed by atoms with van der Waals surface area (Å²) in [5.74, 6) is -0.503. The van der Waals surface area contributed by atoms with Crippen LogP contribution in [-0.2, 0) is 4.79 Å². The molecule has 0 saturated carbocycles. The topological polar surface area (TPSA) is 97.6 Å². The summed E-state index contributed by atoms with van der Waals surface area (Å²) in [6, 6.07) is 24.9. The number of likely N-dealkylation sites (tertiary alicyclic amines) is 1. The Bertz CT molecular complexity index is 1680. The fourth-order valence-electron chi connectivity index (χ4n) is 6.16. The van der Waals surface area contributed by atoms with Gasteiger partial charge in [0.15, 0.2) is 0 Å². The van der Waals surface area contributed by atoms with Gasteiger partial charge in [-0.25, -0.2) is 14.7 Å². The SMILES string of the molecule is N#Cc1ncc(N2C(=O)[C@H]3C4CC(CN4C(=O)c4ccc(-c5ccccc5)cc4)N3C2=O)c2ccccc12. The Kier molecular flexibility index (Phi) is 4.82. The molecule has 7 rings (SSSR count). The first-order valence-electron chi connectivity index (χ1n) is 12.5. The molecule has 4 heterocycles. The van der Waals surface area contributed by atoms with Crippen LogP contribution < -0.4 is 4.90 Å². The van der Waals surface area contributed by atoms with Gasteiger partial charge < -0.3 is 9.80 Å². The van der Waals surface area contributed by atoms with Gasteiger partial charge in [0.25, 0.3) is 11.8 Å². The molecule has 3 fully saturated rings. The third-order valence-electron chi connectivity index (χ3n) is 7.89. The van der Waals surface area contributed by atoms with Gasteiger partial charge in [-0.15, -0.1) is 0 Å². The molecule has 38 heavy (non-hydrogen) atoms. The van der Waals surface area contributed by atoms with Crippen LogP contribution in [0.15, 0.2) is 85.1 Å². The highest BCUT2D eigenvalue weighted by molar-refractivity contribution is 6.25. The molecule has 2 bridgehead atoms. The van der Waals surface area contributed by atoms with Crippen LogP contribution in [0, 0.1) is 11.3 Å². The van der Waals surface area contributed by atoms with E-state index < -0.39 is 12.1 Å². The number of nitrogens with zero attached hydrogens (tertiary/aromatic N) is 5. The van der Waals surface area contributed by atoms with Crippen molar-refractivity contribution in [3.8, 4) is 17.2 Å². The van der Waals surface area contributed by atoms with Crippen LogP contribution in [0.25, 0.3) is 21.9 Å². The lowest BCUT2D eigenvalue weighted by Gasteiger charge is -2.35. The van der Waals surface area contributed by atoms with Crippen LogP contribution in [0.2, 0.25) is 0 Å². The average Bonchev–Trinajstić information content (AvgIpc) is 3.64. The molecule has 4 amide bonds. The molecule has 3 atom stereocenters. The van der Waals surface area contributed by atoms with Crippen molar-refractivity contribution < 1.29 is 14.4 Å². The van der Waals surface area contributed by atoms with Gasteiger partial charge >= 0.3 is 6.03 Å². The van der Waals surface area contributed by atoms with Crippen molar-refractivity contribution in [1.82, 2.24) is 14.8 Å². The zero-order chi connectivity index (χ0) is 26.0. The van der Waals surface area contributed by atoms with E-state index in [4.69, 9.17) is 0 Å². The molecule has 0 radical (unpaired) electrons. The number of carbonyl (C=O) groups is 3. The third kappa shape index (κ3) is 3.08. The Morgan fingerprint density at radius 1 is 0.895 bits per heavy atom. The number of anilines is 1. The van der Waals surface area contributed by atoms with Crippen molar-refractivity contribution in [2.24, 2.45) is 0 Å².